The van der Waals surface area contributed by atoms with E-state index in [0.717, 1.165) is 23.9 Å². The largest absolute Gasteiger partial charge is 0.311 e. The van der Waals surface area contributed by atoms with Crippen molar-refractivity contribution in [2.45, 2.75) is 110 Å². The molecule has 0 spiro atoms. The lowest BCUT2D eigenvalue weighted by atomic mass is 9.77. The Kier molecular flexibility index (Phi) is 9.59. The number of hydrogen-bond donors (Lipinski definition) is 1. The van der Waals surface area contributed by atoms with Crippen LogP contribution in [-0.4, -0.2) is 12.1 Å². The quantitative estimate of drug-likeness (QED) is 0.489. The summed E-state index contributed by atoms with van der Waals surface area (Å²) in [4.78, 5) is 0. The van der Waals surface area contributed by atoms with E-state index in [4.69, 9.17) is 0 Å². The molecule has 0 radical (unpaired) electrons. The van der Waals surface area contributed by atoms with Crippen molar-refractivity contribution in [2.75, 3.05) is 0 Å². The molecule has 1 nitrogen and oxygen atoms in total. The Morgan fingerprint density at radius 3 is 2.05 bits per heavy atom. The molecule has 1 N–H and O–H groups in total. The highest BCUT2D eigenvalue weighted by Gasteiger charge is 2.28. The van der Waals surface area contributed by atoms with Gasteiger partial charge >= 0.3 is 0 Å². The van der Waals surface area contributed by atoms with Crippen molar-refractivity contribution in [2.24, 2.45) is 11.8 Å². The van der Waals surface area contributed by atoms with E-state index < -0.39 is 0 Å². The molecule has 1 saturated carbocycles. The Hall–Kier alpha value is -0.0400. The number of hydrogen-bond acceptors (Lipinski definition) is 1. The molecule has 0 aromatic rings. The summed E-state index contributed by atoms with van der Waals surface area (Å²) in [6, 6.07) is 1.57. The first kappa shape index (κ1) is 18.0. The molecule has 120 valence electrons. The van der Waals surface area contributed by atoms with Crippen molar-refractivity contribution >= 4 is 0 Å². The summed E-state index contributed by atoms with van der Waals surface area (Å²) in [7, 11) is 0. The highest BCUT2D eigenvalue weighted by atomic mass is 15.0. The van der Waals surface area contributed by atoms with Gasteiger partial charge in [0.15, 0.2) is 0 Å². The summed E-state index contributed by atoms with van der Waals surface area (Å²) >= 11 is 0. The molecule has 0 saturated heterocycles. The molecule has 0 amide bonds. The zero-order chi connectivity index (χ0) is 14.8. The lowest BCUT2D eigenvalue weighted by molar-refractivity contribution is 0.186. The smallest absolute Gasteiger partial charge is 0.00978 e. The maximum Gasteiger partial charge on any atom is 0.00978 e. The van der Waals surface area contributed by atoms with Gasteiger partial charge in [-0.15, -0.1) is 0 Å². The molecule has 20 heavy (non-hydrogen) atoms. The van der Waals surface area contributed by atoms with Gasteiger partial charge in [-0.25, -0.2) is 0 Å². The highest BCUT2D eigenvalue weighted by molar-refractivity contribution is 4.85. The SMILES string of the molecule is CCCCCC(CCCCC)NC1CCCC(C)C1C. The van der Waals surface area contributed by atoms with E-state index in [2.05, 4.69) is 33.0 Å². The minimum absolute atomic E-state index is 0.783. The van der Waals surface area contributed by atoms with Crippen molar-refractivity contribution < 1.29 is 0 Å². The molecule has 1 aliphatic rings. The van der Waals surface area contributed by atoms with Crippen molar-refractivity contribution in [3.63, 3.8) is 0 Å². The van der Waals surface area contributed by atoms with E-state index in [1.54, 1.807) is 0 Å². The van der Waals surface area contributed by atoms with Crippen LogP contribution in [0.3, 0.4) is 0 Å². The van der Waals surface area contributed by atoms with Gasteiger partial charge in [-0.05, 0) is 31.1 Å². The summed E-state index contributed by atoms with van der Waals surface area (Å²) in [5.74, 6) is 1.77. The lowest BCUT2D eigenvalue weighted by Crippen LogP contribution is -2.45. The average molecular weight is 282 g/mol. The Morgan fingerprint density at radius 1 is 0.900 bits per heavy atom. The number of unbranched alkanes of at least 4 members (excludes halogenated alkanes) is 4. The summed E-state index contributed by atoms with van der Waals surface area (Å²) in [6.07, 6.45) is 15.4. The van der Waals surface area contributed by atoms with Gasteiger partial charge in [0.25, 0.3) is 0 Å². The lowest BCUT2D eigenvalue weighted by Gasteiger charge is -2.37. The van der Waals surface area contributed by atoms with Crippen molar-refractivity contribution in [3.8, 4) is 0 Å². The molecule has 1 rings (SSSR count). The van der Waals surface area contributed by atoms with Gasteiger partial charge in [-0.1, -0.05) is 79.1 Å². The fourth-order valence-electron chi connectivity index (χ4n) is 3.71. The minimum Gasteiger partial charge on any atom is -0.311 e. The fraction of sp³-hybridized carbons (Fsp3) is 1.00. The molecule has 0 aromatic heterocycles. The molecule has 1 aliphatic carbocycles. The normalized spacial score (nSPS) is 27.1. The number of rotatable bonds is 10. The topological polar surface area (TPSA) is 12.0 Å². The maximum absolute atomic E-state index is 4.05. The Morgan fingerprint density at radius 2 is 1.50 bits per heavy atom. The third-order valence-electron chi connectivity index (χ3n) is 5.47. The monoisotopic (exact) mass is 281 g/mol. The first-order valence-electron chi connectivity index (χ1n) is 9.45. The van der Waals surface area contributed by atoms with E-state index in [1.807, 2.05) is 0 Å². The van der Waals surface area contributed by atoms with Crippen molar-refractivity contribution in [1.82, 2.24) is 5.32 Å². The Balaban J connectivity index is 2.39. The van der Waals surface area contributed by atoms with Crippen LogP contribution in [0.15, 0.2) is 0 Å². The van der Waals surface area contributed by atoms with Crippen LogP contribution in [0.5, 0.6) is 0 Å². The average Bonchev–Trinajstić information content (AvgIpc) is 2.44. The fourth-order valence-corrected chi connectivity index (χ4v) is 3.71. The highest BCUT2D eigenvalue weighted by Crippen LogP contribution is 2.30. The molecular formula is C19H39N. The minimum atomic E-state index is 0.783. The zero-order valence-electron chi connectivity index (χ0n) is 14.6. The second-order valence-corrected chi connectivity index (χ2v) is 7.23. The molecule has 0 heterocycles. The maximum atomic E-state index is 4.05. The van der Waals surface area contributed by atoms with Crippen LogP contribution in [-0.2, 0) is 0 Å². The van der Waals surface area contributed by atoms with E-state index in [1.165, 1.54) is 70.6 Å². The number of nitrogens with one attached hydrogen (secondary N) is 1. The first-order valence-corrected chi connectivity index (χ1v) is 9.45. The molecular weight excluding hydrogens is 242 g/mol. The molecule has 1 heteroatoms. The van der Waals surface area contributed by atoms with Gasteiger partial charge in [-0.2, -0.15) is 0 Å². The second-order valence-electron chi connectivity index (χ2n) is 7.23. The van der Waals surface area contributed by atoms with E-state index in [9.17, 15) is 0 Å². The predicted molar refractivity (Wildman–Crippen MR) is 91.2 cm³/mol. The van der Waals surface area contributed by atoms with E-state index in [0.29, 0.717) is 0 Å². The van der Waals surface area contributed by atoms with Gasteiger partial charge in [0.1, 0.15) is 0 Å². The molecule has 0 bridgehead atoms. The zero-order valence-corrected chi connectivity index (χ0v) is 14.6. The summed E-state index contributed by atoms with van der Waals surface area (Å²) < 4.78 is 0. The van der Waals surface area contributed by atoms with Gasteiger partial charge in [0, 0.05) is 12.1 Å². The van der Waals surface area contributed by atoms with E-state index >= 15 is 0 Å². The second kappa shape index (κ2) is 10.7. The van der Waals surface area contributed by atoms with E-state index in [-0.39, 0.29) is 0 Å². The summed E-state index contributed by atoms with van der Waals surface area (Å²) in [5.41, 5.74) is 0. The third kappa shape index (κ3) is 6.61. The summed E-state index contributed by atoms with van der Waals surface area (Å²) in [5, 5.41) is 4.05. The van der Waals surface area contributed by atoms with Gasteiger partial charge in [0.05, 0.1) is 0 Å². The van der Waals surface area contributed by atoms with Gasteiger partial charge < -0.3 is 5.32 Å². The predicted octanol–water partition coefficient (Wildman–Crippen LogP) is 5.93. The van der Waals surface area contributed by atoms with Gasteiger partial charge in [-0.3, -0.25) is 0 Å². The molecule has 3 unspecified atom stereocenters. The third-order valence-corrected chi connectivity index (χ3v) is 5.47. The van der Waals surface area contributed by atoms with Crippen molar-refractivity contribution in [3.05, 3.63) is 0 Å². The molecule has 0 aliphatic heterocycles. The van der Waals surface area contributed by atoms with Crippen LogP contribution in [0, 0.1) is 11.8 Å². The van der Waals surface area contributed by atoms with Crippen LogP contribution in [0.2, 0.25) is 0 Å². The van der Waals surface area contributed by atoms with Crippen molar-refractivity contribution in [1.29, 1.82) is 0 Å². The Labute approximate surface area is 128 Å². The van der Waals surface area contributed by atoms with Crippen LogP contribution < -0.4 is 5.32 Å². The van der Waals surface area contributed by atoms with Crippen LogP contribution >= 0.6 is 0 Å². The summed E-state index contributed by atoms with van der Waals surface area (Å²) in [6.45, 7) is 9.53. The molecule has 1 fully saturated rings. The molecule has 0 aromatic carbocycles. The standard InChI is InChI=1S/C19H39N/c1-5-7-9-13-18(14-10-8-6-2)20-19-15-11-12-16(3)17(19)4/h16-20H,5-15H2,1-4H3. The molecule has 3 atom stereocenters. The first-order chi connectivity index (χ1) is 9.69. The van der Waals surface area contributed by atoms with Crippen LogP contribution in [0.4, 0.5) is 0 Å². The van der Waals surface area contributed by atoms with Crippen LogP contribution in [0.25, 0.3) is 0 Å². The van der Waals surface area contributed by atoms with Gasteiger partial charge in [0.2, 0.25) is 0 Å². The Bertz CT molecular complexity index is 216. The van der Waals surface area contributed by atoms with Crippen LogP contribution in [0.1, 0.15) is 98.3 Å².